The maximum Gasteiger partial charge on any atom is 0.410 e. The van der Waals surface area contributed by atoms with Gasteiger partial charge in [0.15, 0.2) is 11.0 Å². The van der Waals surface area contributed by atoms with Crippen LogP contribution in [0.2, 0.25) is 0 Å². The van der Waals surface area contributed by atoms with E-state index in [1.54, 1.807) is 59.9 Å². The number of ether oxygens (including phenoxy) is 4. The molecule has 0 aromatic heterocycles. The topological polar surface area (TPSA) is 124 Å². The van der Waals surface area contributed by atoms with Crippen molar-refractivity contribution >= 4 is 34.6 Å². The van der Waals surface area contributed by atoms with Gasteiger partial charge in [-0.3, -0.25) is 14.3 Å². The summed E-state index contributed by atoms with van der Waals surface area (Å²) in [5.41, 5.74) is 2.55. The van der Waals surface area contributed by atoms with Crippen LogP contribution in [-0.2, 0) is 41.2 Å². The molecule has 1 aliphatic heterocycles. The van der Waals surface area contributed by atoms with E-state index >= 15 is 0 Å². The van der Waals surface area contributed by atoms with E-state index in [0.29, 0.717) is 43.2 Å². The lowest BCUT2D eigenvalue weighted by Gasteiger charge is -2.29. The highest BCUT2D eigenvalue weighted by Crippen LogP contribution is 2.37. The molecule has 12 heteroatoms. The molecule has 0 bridgehead atoms. The highest BCUT2D eigenvalue weighted by Gasteiger charge is 2.32. The Morgan fingerprint density at radius 1 is 1.10 bits per heavy atom. The fourth-order valence-corrected chi connectivity index (χ4v) is 6.72. The van der Waals surface area contributed by atoms with Crippen molar-refractivity contribution in [2.24, 2.45) is 5.92 Å². The van der Waals surface area contributed by atoms with E-state index in [0.717, 1.165) is 18.5 Å². The molecule has 11 nitrogen and oxygen atoms in total. The predicted octanol–water partition coefficient (Wildman–Crippen LogP) is 6.32. The van der Waals surface area contributed by atoms with Gasteiger partial charge in [-0.2, -0.15) is 0 Å². The number of carbonyl (C=O) groups is 3. The minimum absolute atomic E-state index is 0.0590. The fraction of sp³-hybridized carbons (Fsp3) is 0.605. The van der Waals surface area contributed by atoms with Crippen LogP contribution in [0.15, 0.2) is 41.3 Å². The summed E-state index contributed by atoms with van der Waals surface area (Å²) in [6.45, 7) is 16.7. The van der Waals surface area contributed by atoms with Gasteiger partial charge in [0.1, 0.15) is 17.0 Å². The first-order chi connectivity index (χ1) is 23.5. The van der Waals surface area contributed by atoms with Crippen LogP contribution >= 0.6 is 0 Å². The van der Waals surface area contributed by atoms with E-state index in [4.69, 9.17) is 18.9 Å². The van der Waals surface area contributed by atoms with E-state index in [1.165, 1.54) is 28.7 Å². The van der Waals surface area contributed by atoms with E-state index < -0.39 is 34.2 Å². The maximum absolute atomic E-state index is 13.6. The first-order valence-electron chi connectivity index (χ1n) is 17.5. The lowest BCUT2D eigenvalue weighted by atomic mass is 9.90. The lowest BCUT2D eigenvalue weighted by molar-refractivity contribution is -0.145. The van der Waals surface area contributed by atoms with Gasteiger partial charge in [-0.05, 0) is 90.1 Å². The summed E-state index contributed by atoms with van der Waals surface area (Å²) in [6.07, 6.45) is 2.72. The quantitative estimate of drug-likeness (QED) is 0.211. The third kappa shape index (κ3) is 11.4. The summed E-state index contributed by atoms with van der Waals surface area (Å²) in [5.74, 6) is -0.358. The summed E-state index contributed by atoms with van der Waals surface area (Å²) in [7, 11) is 1.09. The van der Waals surface area contributed by atoms with Crippen LogP contribution in [0.3, 0.4) is 0 Å². The maximum atomic E-state index is 13.6. The molecule has 2 aromatic rings. The number of benzene rings is 2. The standard InChI is InChI=1S/C38H57N3O8S/c1-11-13-28-22-26(3)14-16-31(28)29-24-41(19-18-27(12-2)34(42)46-10)32-23-30(15-17-33(32)47-25-29)50(45)39-35(43)38(7,8)48-21-20-40(9)36(44)49-37(4,5)6/h14-17,22-23,27,29H,11-13,18-21,24-25H2,1-10H3,(H,39,43). The number of esters is 1. The molecule has 1 aliphatic rings. The van der Waals surface area contributed by atoms with Gasteiger partial charge in [-0.25, -0.2) is 9.00 Å². The molecule has 2 amide bonds. The van der Waals surface area contributed by atoms with Gasteiger partial charge in [0, 0.05) is 32.6 Å². The molecule has 1 N–H and O–H groups in total. The molecule has 3 rings (SSSR count). The molecule has 0 saturated carbocycles. The van der Waals surface area contributed by atoms with Gasteiger partial charge in [0.05, 0.1) is 36.8 Å². The third-order valence-electron chi connectivity index (χ3n) is 8.73. The normalized spacial score (nSPS) is 16.0. The second kappa shape index (κ2) is 18.0. The van der Waals surface area contributed by atoms with Gasteiger partial charge in [0.25, 0.3) is 5.91 Å². The van der Waals surface area contributed by atoms with Crippen LogP contribution in [0.5, 0.6) is 5.75 Å². The zero-order valence-electron chi connectivity index (χ0n) is 31.6. The molecule has 2 aromatic carbocycles. The lowest BCUT2D eigenvalue weighted by Crippen LogP contribution is -2.46. The highest BCUT2D eigenvalue weighted by molar-refractivity contribution is 7.83. The average molecular weight is 716 g/mol. The van der Waals surface area contributed by atoms with Crippen molar-refractivity contribution < 1.29 is 37.5 Å². The molecule has 278 valence electrons. The van der Waals surface area contributed by atoms with Crippen LogP contribution in [0.1, 0.15) is 90.3 Å². The van der Waals surface area contributed by atoms with Crippen molar-refractivity contribution in [2.45, 2.75) is 103 Å². The Balaban J connectivity index is 1.81. The number of hydrogen-bond acceptors (Lipinski definition) is 9. The van der Waals surface area contributed by atoms with Gasteiger partial charge in [0.2, 0.25) is 0 Å². The molecule has 3 atom stereocenters. The number of amides is 2. The second-order valence-corrected chi connectivity index (χ2v) is 15.6. The van der Waals surface area contributed by atoms with Crippen molar-refractivity contribution in [1.82, 2.24) is 9.62 Å². The van der Waals surface area contributed by atoms with Gasteiger partial charge >= 0.3 is 12.1 Å². The largest absolute Gasteiger partial charge is 0.491 e. The Bertz CT molecular complexity index is 1510. The minimum atomic E-state index is -1.91. The second-order valence-electron chi connectivity index (χ2n) is 14.4. The smallest absolute Gasteiger partial charge is 0.410 e. The Labute approximate surface area is 300 Å². The number of fused-ring (bicyclic) bond motifs is 1. The number of nitrogens with zero attached hydrogens (tertiary/aromatic N) is 2. The van der Waals surface area contributed by atoms with Crippen molar-refractivity contribution in [3.8, 4) is 5.75 Å². The Hall–Kier alpha value is -3.64. The van der Waals surface area contributed by atoms with Crippen molar-refractivity contribution in [3.05, 3.63) is 53.1 Å². The van der Waals surface area contributed by atoms with E-state index in [-0.39, 0.29) is 31.0 Å². The summed E-state index contributed by atoms with van der Waals surface area (Å²) < 4.78 is 38.8. The number of methoxy groups -OCH3 is 1. The Kier molecular flexibility index (Phi) is 14.7. The molecule has 0 spiro atoms. The number of hydrogen-bond donors (Lipinski definition) is 1. The molecule has 50 heavy (non-hydrogen) atoms. The number of aryl methyl sites for hydroxylation is 2. The fourth-order valence-electron chi connectivity index (χ4n) is 5.78. The molecule has 3 unspecified atom stereocenters. The Morgan fingerprint density at radius 3 is 2.46 bits per heavy atom. The number of nitrogens with one attached hydrogen (secondary N) is 1. The summed E-state index contributed by atoms with van der Waals surface area (Å²) >= 11 is 0. The highest BCUT2D eigenvalue weighted by atomic mass is 32.2. The minimum Gasteiger partial charge on any atom is -0.491 e. The number of likely N-dealkylation sites (N-methyl/N-ethyl adjacent to an activating group) is 1. The monoisotopic (exact) mass is 715 g/mol. The van der Waals surface area contributed by atoms with Crippen molar-refractivity contribution in [1.29, 1.82) is 0 Å². The predicted molar refractivity (Wildman–Crippen MR) is 196 cm³/mol. The van der Waals surface area contributed by atoms with E-state index in [1.807, 2.05) is 6.92 Å². The summed E-state index contributed by atoms with van der Waals surface area (Å²) in [4.78, 5) is 42.0. The zero-order chi connectivity index (χ0) is 37.2. The number of rotatable bonds is 15. The van der Waals surface area contributed by atoms with Gasteiger partial charge in [-0.15, -0.1) is 0 Å². The van der Waals surface area contributed by atoms with E-state index in [2.05, 4.69) is 41.7 Å². The van der Waals surface area contributed by atoms with Crippen molar-refractivity contribution in [2.75, 3.05) is 51.9 Å². The average Bonchev–Trinajstić information content (AvgIpc) is 3.23. The summed E-state index contributed by atoms with van der Waals surface area (Å²) in [5, 5.41) is 0. The van der Waals surface area contributed by atoms with Crippen LogP contribution in [0.4, 0.5) is 10.5 Å². The van der Waals surface area contributed by atoms with Gasteiger partial charge < -0.3 is 28.7 Å². The van der Waals surface area contributed by atoms with Crippen molar-refractivity contribution in [3.63, 3.8) is 0 Å². The number of anilines is 1. The first kappa shape index (κ1) is 40.8. The van der Waals surface area contributed by atoms with Crippen LogP contribution < -0.4 is 14.4 Å². The summed E-state index contributed by atoms with van der Waals surface area (Å²) in [6, 6.07) is 11.9. The molecular weight excluding hydrogens is 658 g/mol. The molecular formula is C38H57N3O8S. The molecule has 1 heterocycles. The SMILES string of the molecule is CCCc1cc(C)ccc1C1COc2ccc(S(=O)NC(=O)C(C)(C)OCCN(C)C(=O)OC(C)(C)C)cc2N(CCC(CC)C(=O)OC)C1. The zero-order valence-corrected chi connectivity index (χ0v) is 32.4. The third-order valence-corrected chi connectivity index (χ3v) is 9.78. The van der Waals surface area contributed by atoms with E-state index in [9.17, 15) is 18.6 Å². The molecule has 0 fully saturated rings. The first-order valence-corrected chi connectivity index (χ1v) is 18.6. The number of carbonyl (C=O) groups excluding carboxylic acids is 3. The van der Waals surface area contributed by atoms with Crippen LogP contribution in [0, 0.1) is 12.8 Å². The Morgan fingerprint density at radius 2 is 1.82 bits per heavy atom. The molecule has 0 aliphatic carbocycles. The molecule has 0 radical (unpaired) electrons. The van der Waals surface area contributed by atoms with Gasteiger partial charge in [-0.1, -0.05) is 44.0 Å². The van der Waals surface area contributed by atoms with Crippen LogP contribution in [-0.4, -0.2) is 85.3 Å². The van der Waals surface area contributed by atoms with Crippen LogP contribution in [0.25, 0.3) is 0 Å². The molecule has 0 saturated heterocycles.